The minimum absolute atomic E-state index is 0.0757. The van der Waals surface area contributed by atoms with Crippen LogP contribution in [0.15, 0.2) is 0 Å². The number of carbonyl (C=O) groups is 1. The van der Waals surface area contributed by atoms with Gasteiger partial charge in [0.15, 0.2) is 0 Å². The Morgan fingerprint density at radius 1 is 0.571 bits per heavy atom. The van der Waals surface area contributed by atoms with Gasteiger partial charge in [-0.1, -0.05) is 0 Å². The van der Waals surface area contributed by atoms with Gasteiger partial charge < -0.3 is 38.3 Å². The van der Waals surface area contributed by atoms with Crippen molar-refractivity contribution in [2.45, 2.75) is 6.18 Å². The number of aliphatic carboxylic acids is 1. The Kier molecular flexibility index (Phi) is 18.6. The Hall–Kier alpha value is -1.02. The van der Waals surface area contributed by atoms with E-state index in [4.69, 9.17) is 33.5 Å². The van der Waals surface area contributed by atoms with Crippen LogP contribution in [-0.2, 0) is 38.0 Å². The molecule has 1 N–H and O–H groups in total. The first-order valence-electron chi connectivity index (χ1n) is 8.74. The number of carboxylic acids is 1. The van der Waals surface area contributed by atoms with E-state index in [1.54, 1.807) is 0 Å². The molecule has 0 atom stereocenters. The van der Waals surface area contributed by atoms with Crippen LogP contribution in [0.25, 0.3) is 0 Å². The molecule has 0 aliphatic heterocycles. The van der Waals surface area contributed by atoms with Crippen LogP contribution in [0.5, 0.6) is 0 Å². The van der Waals surface area contributed by atoms with E-state index in [0.29, 0.717) is 52.9 Å². The third-order valence-corrected chi connectivity index (χ3v) is 2.72. The Labute approximate surface area is 161 Å². The van der Waals surface area contributed by atoms with Crippen molar-refractivity contribution in [3.63, 3.8) is 0 Å². The summed E-state index contributed by atoms with van der Waals surface area (Å²) in [4.78, 5) is 10.2. The normalized spacial score (nSPS) is 11.8. The zero-order chi connectivity index (χ0) is 20.9. The van der Waals surface area contributed by atoms with E-state index in [2.05, 4.69) is 4.74 Å². The Bertz CT molecular complexity index is 357. The van der Waals surface area contributed by atoms with Gasteiger partial charge in [0.2, 0.25) is 0 Å². The van der Waals surface area contributed by atoms with Gasteiger partial charge in [0.25, 0.3) is 0 Å². The topological polar surface area (TPSA) is 102 Å². The van der Waals surface area contributed by atoms with Gasteiger partial charge in [-0.2, -0.15) is 13.2 Å². The first-order valence-corrected chi connectivity index (χ1v) is 8.74. The molecule has 0 aliphatic carbocycles. The van der Waals surface area contributed by atoms with Crippen LogP contribution in [0.1, 0.15) is 0 Å². The molecule has 0 rings (SSSR count). The van der Waals surface area contributed by atoms with Gasteiger partial charge >= 0.3 is 12.1 Å². The number of hydrogen-bond acceptors (Lipinski definition) is 8. The lowest BCUT2D eigenvalue weighted by molar-refractivity contribution is -0.176. The number of carboxylic acid groups (broad SMARTS) is 1. The number of halogens is 3. The summed E-state index contributed by atoms with van der Waals surface area (Å²) in [5.41, 5.74) is 0. The number of rotatable bonds is 21. The molecule has 0 aromatic carbocycles. The lowest BCUT2D eigenvalue weighted by Crippen LogP contribution is -2.19. The van der Waals surface area contributed by atoms with Gasteiger partial charge in [0.1, 0.15) is 13.2 Å². The van der Waals surface area contributed by atoms with Crippen molar-refractivity contribution >= 4 is 5.97 Å². The second kappa shape index (κ2) is 19.3. The Balaban J connectivity index is 3.04. The molecule has 0 radical (unpaired) electrons. The van der Waals surface area contributed by atoms with Crippen molar-refractivity contribution < 1.29 is 56.2 Å². The molecule has 0 bridgehead atoms. The summed E-state index contributed by atoms with van der Waals surface area (Å²) in [6.45, 7) is 1.76. The highest BCUT2D eigenvalue weighted by Gasteiger charge is 2.27. The molecule has 0 saturated heterocycles. The van der Waals surface area contributed by atoms with Crippen molar-refractivity contribution in [1.82, 2.24) is 0 Å². The highest BCUT2D eigenvalue weighted by molar-refractivity contribution is 5.67. The molecular formula is C16H29F3O9. The summed E-state index contributed by atoms with van der Waals surface area (Å²) in [6, 6.07) is 0. The van der Waals surface area contributed by atoms with E-state index in [1.807, 2.05) is 0 Å². The van der Waals surface area contributed by atoms with Crippen molar-refractivity contribution in [3.8, 4) is 0 Å². The first-order chi connectivity index (χ1) is 13.4. The molecule has 0 amide bonds. The minimum atomic E-state index is -4.32. The lowest BCUT2D eigenvalue weighted by atomic mass is 10.6. The fraction of sp³-hybridized carbons (Fsp3) is 0.938. The third kappa shape index (κ3) is 25.0. The summed E-state index contributed by atoms with van der Waals surface area (Å²) < 4.78 is 70.5. The molecule has 12 heteroatoms. The van der Waals surface area contributed by atoms with Gasteiger partial charge in [-0.05, 0) is 0 Å². The molecule has 0 unspecified atom stereocenters. The molecule has 0 aromatic heterocycles. The van der Waals surface area contributed by atoms with Crippen LogP contribution in [0, 0.1) is 0 Å². The Morgan fingerprint density at radius 2 is 0.857 bits per heavy atom. The molecule has 0 fully saturated rings. The van der Waals surface area contributed by atoms with Gasteiger partial charge in [-0.25, -0.2) is 4.79 Å². The van der Waals surface area contributed by atoms with E-state index in [9.17, 15) is 18.0 Å². The molecule has 9 nitrogen and oxygen atoms in total. The van der Waals surface area contributed by atoms with Gasteiger partial charge in [-0.3, -0.25) is 0 Å². The van der Waals surface area contributed by atoms with Crippen LogP contribution in [0.4, 0.5) is 13.2 Å². The van der Waals surface area contributed by atoms with Crippen molar-refractivity contribution in [1.29, 1.82) is 0 Å². The van der Waals surface area contributed by atoms with Gasteiger partial charge in [0, 0.05) is 0 Å². The third-order valence-electron chi connectivity index (χ3n) is 2.72. The van der Waals surface area contributed by atoms with Crippen LogP contribution in [0.3, 0.4) is 0 Å². The van der Waals surface area contributed by atoms with E-state index < -0.39 is 18.8 Å². The van der Waals surface area contributed by atoms with Gasteiger partial charge in [0.05, 0.1) is 79.3 Å². The van der Waals surface area contributed by atoms with Crippen molar-refractivity contribution in [3.05, 3.63) is 0 Å². The van der Waals surface area contributed by atoms with E-state index in [-0.39, 0.29) is 33.0 Å². The zero-order valence-corrected chi connectivity index (χ0v) is 15.7. The predicted molar refractivity (Wildman–Crippen MR) is 89.4 cm³/mol. The monoisotopic (exact) mass is 422 g/mol. The SMILES string of the molecule is O=C(O)COCCOCCOCCOCCOCCOCCOCC(F)(F)F. The summed E-state index contributed by atoms with van der Waals surface area (Å²) >= 11 is 0. The summed E-state index contributed by atoms with van der Waals surface area (Å²) in [7, 11) is 0. The molecule has 0 saturated carbocycles. The van der Waals surface area contributed by atoms with Crippen LogP contribution >= 0.6 is 0 Å². The highest BCUT2D eigenvalue weighted by Crippen LogP contribution is 2.13. The second-order valence-corrected chi connectivity index (χ2v) is 5.18. The number of hydrogen-bond donors (Lipinski definition) is 1. The first kappa shape index (κ1) is 27.0. The van der Waals surface area contributed by atoms with Crippen LogP contribution < -0.4 is 0 Å². The summed E-state index contributed by atoms with van der Waals surface area (Å²) in [6.07, 6.45) is -4.32. The molecule has 0 spiro atoms. The highest BCUT2D eigenvalue weighted by atomic mass is 19.4. The molecule has 168 valence electrons. The van der Waals surface area contributed by atoms with E-state index in [0.717, 1.165) is 0 Å². The number of alkyl halides is 3. The molecule has 0 heterocycles. The summed E-state index contributed by atoms with van der Waals surface area (Å²) in [5.74, 6) is -1.02. The predicted octanol–water partition coefficient (Wildman–Crippen LogP) is 0.750. The molecule has 28 heavy (non-hydrogen) atoms. The molecular weight excluding hydrogens is 393 g/mol. The van der Waals surface area contributed by atoms with Gasteiger partial charge in [-0.15, -0.1) is 0 Å². The number of ether oxygens (including phenoxy) is 7. The Morgan fingerprint density at radius 3 is 1.14 bits per heavy atom. The second-order valence-electron chi connectivity index (χ2n) is 5.18. The average Bonchev–Trinajstić information content (AvgIpc) is 2.61. The summed E-state index contributed by atoms with van der Waals surface area (Å²) in [5, 5.41) is 8.34. The van der Waals surface area contributed by atoms with Crippen molar-refractivity contribution in [2.75, 3.05) is 92.5 Å². The van der Waals surface area contributed by atoms with E-state index in [1.165, 1.54) is 0 Å². The minimum Gasteiger partial charge on any atom is -0.480 e. The fourth-order valence-electron chi connectivity index (χ4n) is 1.56. The van der Waals surface area contributed by atoms with Crippen LogP contribution in [-0.4, -0.2) is 110 Å². The quantitative estimate of drug-likeness (QED) is 0.269. The maximum Gasteiger partial charge on any atom is 0.411 e. The maximum atomic E-state index is 11.8. The smallest absolute Gasteiger partial charge is 0.411 e. The van der Waals surface area contributed by atoms with E-state index >= 15 is 0 Å². The average molecular weight is 422 g/mol. The molecule has 0 aliphatic rings. The largest absolute Gasteiger partial charge is 0.480 e. The molecule has 0 aromatic rings. The van der Waals surface area contributed by atoms with Crippen molar-refractivity contribution in [2.24, 2.45) is 0 Å². The zero-order valence-electron chi connectivity index (χ0n) is 15.7. The fourth-order valence-corrected chi connectivity index (χ4v) is 1.56. The standard InChI is InChI=1S/C16H29F3O9/c17-16(18,19)14-28-12-10-26-8-6-24-4-2-22-1-3-23-5-7-25-9-11-27-13-15(20)21/h1-14H2,(H,20,21). The maximum absolute atomic E-state index is 11.8. The lowest BCUT2D eigenvalue weighted by Gasteiger charge is -2.09. The van der Waals surface area contributed by atoms with Crippen LogP contribution in [0.2, 0.25) is 0 Å².